The summed E-state index contributed by atoms with van der Waals surface area (Å²) in [6.07, 6.45) is 1.89. The maximum absolute atomic E-state index is 12.9. The first-order valence-corrected chi connectivity index (χ1v) is 10.4. The molecule has 0 atom stereocenters. The van der Waals surface area contributed by atoms with E-state index >= 15 is 0 Å². The molecule has 0 saturated carbocycles. The molecule has 2 aliphatic heterocycles. The van der Waals surface area contributed by atoms with E-state index in [0.29, 0.717) is 50.3 Å². The number of likely N-dealkylation sites (tertiary alicyclic amines) is 1. The van der Waals surface area contributed by atoms with E-state index in [4.69, 9.17) is 4.74 Å². The number of ketones is 1. The summed E-state index contributed by atoms with van der Waals surface area (Å²) in [7, 11) is 1.61. The average molecular weight is 408 g/mol. The van der Waals surface area contributed by atoms with Gasteiger partial charge in [-0.2, -0.15) is 0 Å². The number of benzene rings is 2. The highest BCUT2D eigenvalue weighted by Crippen LogP contribution is 2.38. The highest BCUT2D eigenvalue weighted by atomic mass is 16.5. The van der Waals surface area contributed by atoms with Gasteiger partial charge in [-0.3, -0.25) is 14.5 Å². The van der Waals surface area contributed by atoms with Gasteiger partial charge in [-0.25, -0.2) is 0 Å². The molecule has 2 aliphatic rings. The number of amides is 1. The Bertz CT molecular complexity index is 963. The number of piperidine rings is 1. The van der Waals surface area contributed by atoms with Gasteiger partial charge in [-0.15, -0.1) is 0 Å². The molecule has 6 nitrogen and oxygen atoms in total. The van der Waals surface area contributed by atoms with Crippen LogP contribution < -0.4 is 9.64 Å². The highest BCUT2D eigenvalue weighted by Gasteiger charge is 2.36. The molecular weight excluding hydrogens is 380 g/mol. The number of carbonyl (C=O) groups is 2. The number of rotatable bonds is 5. The Balaban J connectivity index is 1.40. The van der Waals surface area contributed by atoms with Gasteiger partial charge in [0.05, 0.1) is 19.3 Å². The summed E-state index contributed by atoms with van der Waals surface area (Å²) in [4.78, 5) is 28.4. The number of aliphatic hydroxyl groups is 1. The zero-order valence-electron chi connectivity index (χ0n) is 17.6. The van der Waals surface area contributed by atoms with Gasteiger partial charge >= 0.3 is 0 Å². The first-order valence-electron chi connectivity index (χ1n) is 10.4. The van der Waals surface area contributed by atoms with Gasteiger partial charge in [0.15, 0.2) is 5.78 Å². The lowest BCUT2D eigenvalue weighted by Crippen LogP contribution is -2.44. The lowest BCUT2D eigenvalue weighted by Gasteiger charge is -2.38. The Hall–Kier alpha value is -2.70. The second-order valence-electron chi connectivity index (χ2n) is 8.20. The largest absolute Gasteiger partial charge is 0.496 e. The van der Waals surface area contributed by atoms with E-state index in [2.05, 4.69) is 4.90 Å². The lowest BCUT2D eigenvalue weighted by molar-refractivity contribution is -0.116. The van der Waals surface area contributed by atoms with Gasteiger partial charge in [-0.05, 0) is 49.1 Å². The summed E-state index contributed by atoms with van der Waals surface area (Å²) in [5, 5.41) is 11.2. The molecular formula is C24H28N2O4. The van der Waals surface area contributed by atoms with Crippen LogP contribution in [-0.2, 0) is 16.8 Å². The van der Waals surface area contributed by atoms with Crippen molar-refractivity contribution >= 4 is 17.4 Å². The molecule has 0 bridgehead atoms. The molecule has 2 aromatic carbocycles. The predicted octanol–water partition coefficient (Wildman–Crippen LogP) is 2.77. The van der Waals surface area contributed by atoms with Gasteiger partial charge in [0.1, 0.15) is 5.75 Å². The van der Waals surface area contributed by atoms with E-state index < -0.39 is 5.60 Å². The normalized spacial score (nSPS) is 18.2. The summed E-state index contributed by atoms with van der Waals surface area (Å²) in [6.45, 7) is 3.86. The van der Waals surface area contributed by atoms with Gasteiger partial charge in [0.2, 0.25) is 5.91 Å². The summed E-state index contributed by atoms with van der Waals surface area (Å²) < 4.78 is 5.42. The number of Topliss-reactive ketones (excluding diaryl/α,β-unsaturated/α-hetero) is 1. The van der Waals surface area contributed by atoms with Crippen molar-refractivity contribution in [1.82, 2.24) is 4.90 Å². The molecule has 0 aromatic heterocycles. The molecule has 1 amide bonds. The fourth-order valence-corrected chi connectivity index (χ4v) is 4.58. The molecule has 2 heterocycles. The van der Waals surface area contributed by atoms with Crippen molar-refractivity contribution in [3.8, 4) is 5.75 Å². The zero-order chi connectivity index (χ0) is 21.3. The quantitative estimate of drug-likeness (QED) is 0.771. The molecule has 1 fully saturated rings. The maximum Gasteiger partial charge on any atom is 0.223 e. The summed E-state index contributed by atoms with van der Waals surface area (Å²) >= 11 is 0. The van der Waals surface area contributed by atoms with Crippen molar-refractivity contribution in [2.45, 2.75) is 31.8 Å². The Morgan fingerprint density at radius 1 is 1.10 bits per heavy atom. The molecule has 0 unspecified atom stereocenters. The molecule has 0 aliphatic carbocycles. The van der Waals surface area contributed by atoms with E-state index in [0.717, 1.165) is 23.2 Å². The monoisotopic (exact) mass is 408 g/mol. The smallest absolute Gasteiger partial charge is 0.223 e. The number of anilines is 1. The van der Waals surface area contributed by atoms with Crippen LogP contribution in [0.25, 0.3) is 0 Å². The van der Waals surface area contributed by atoms with Crippen LogP contribution in [0.15, 0.2) is 42.5 Å². The number of fused-ring (bicyclic) bond motifs is 1. The number of para-hydroxylation sites is 1. The minimum atomic E-state index is -0.935. The molecule has 0 spiro atoms. The number of hydrogen-bond acceptors (Lipinski definition) is 5. The van der Waals surface area contributed by atoms with Crippen molar-refractivity contribution in [1.29, 1.82) is 0 Å². The van der Waals surface area contributed by atoms with Gasteiger partial charge < -0.3 is 14.7 Å². The van der Waals surface area contributed by atoms with Crippen LogP contribution >= 0.6 is 0 Å². The van der Waals surface area contributed by atoms with Crippen LogP contribution in [0.1, 0.15) is 41.3 Å². The summed E-state index contributed by atoms with van der Waals surface area (Å²) in [5.41, 5.74) is 2.53. The van der Waals surface area contributed by atoms with E-state index in [1.54, 1.807) is 18.9 Å². The number of hydrogen-bond donors (Lipinski definition) is 1. The zero-order valence-corrected chi connectivity index (χ0v) is 17.6. The fraction of sp³-hybridized carbons (Fsp3) is 0.417. The minimum Gasteiger partial charge on any atom is -0.496 e. The molecule has 1 N–H and O–H groups in total. The number of carbonyl (C=O) groups excluding carboxylic acids is 2. The van der Waals surface area contributed by atoms with Crippen LogP contribution in [0.4, 0.5) is 5.69 Å². The van der Waals surface area contributed by atoms with Crippen molar-refractivity contribution < 1.29 is 19.4 Å². The van der Waals surface area contributed by atoms with Crippen molar-refractivity contribution in [3.63, 3.8) is 0 Å². The van der Waals surface area contributed by atoms with Crippen LogP contribution in [0.3, 0.4) is 0 Å². The number of nitrogens with zero attached hydrogens (tertiary/aromatic N) is 2. The Morgan fingerprint density at radius 2 is 1.83 bits per heavy atom. The Kier molecular flexibility index (Phi) is 5.62. The van der Waals surface area contributed by atoms with E-state index in [-0.39, 0.29) is 11.7 Å². The maximum atomic E-state index is 12.9. The first kappa shape index (κ1) is 20.6. The SMILES string of the molecule is COc1ccccc1C1(O)CCN(CC(=O)c2ccc3c(c2)CCN3C(C)=O)CC1. The average Bonchev–Trinajstić information content (AvgIpc) is 3.19. The van der Waals surface area contributed by atoms with E-state index in [9.17, 15) is 14.7 Å². The standard InChI is InChI=1S/C24H28N2O4/c1-17(27)26-12-9-18-15-19(7-8-21(18)26)22(28)16-25-13-10-24(29,11-14-25)20-5-3-4-6-23(20)30-2/h3-8,15,29H,9-14,16H2,1-2H3. The predicted molar refractivity (Wildman–Crippen MR) is 115 cm³/mol. The third-order valence-corrected chi connectivity index (χ3v) is 6.34. The fourth-order valence-electron chi connectivity index (χ4n) is 4.58. The molecule has 2 aromatic rings. The third-order valence-electron chi connectivity index (χ3n) is 6.34. The van der Waals surface area contributed by atoms with Crippen LogP contribution in [0.5, 0.6) is 5.75 Å². The summed E-state index contributed by atoms with van der Waals surface area (Å²) in [6, 6.07) is 13.2. The number of ether oxygens (including phenoxy) is 1. The lowest BCUT2D eigenvalue weighted by atomic mass is 9.83. The van der Waals surface area contributed by atoms with Crippen LogP contribution in [0.2, 0.25) is 0 Å². The molecule has 1 saturated heterocycles. The molecule has 4 rings (SSSR count). The Labute approximate surface area is 177 Å². The van der Waals surface area contributed by atoms with Crippen molar-refractivity contribution in [2.75, 3.05) is 38.2 Å². The van der Waals surface area contributed by atoms with Crippen LogP contribution in [-0.4, -0.2) is 55.0 Å². The highest BCUT2D eigenvalue weighted by molar-refractivity contribution is 6.00. The Morgan fingerprint density at radius 3 is 2.53 bits per heavy atom. The van der Waals surface area contributed by atoms with Gasteiger partial charge in [0.25, 0.3) is 0 Å². The second-order valence-corrected chi connectivity index (χ2v) is 8.20. The van der Waals surface area contributed by atoms with Gasteiger partial charge in [0, 0.05) is 43.4 Å². The third kappa shape index (κ3) is 3.85. The second kappa shape index (κ2) is 8.20. The number of methoxy groups -OCH3 is 1. The van der Waals surface area contributed by atoms with Gasteiger partial charge in [-0.1, -0.05) is 18.2 Å². The van der Waals surface area contributed by atoms with Crippen molar-refractivity contribution in [2.24, 2.45) is 0 Å². The van der Waals surface area contributed by atoms with E-state index in [1.165, 1.54) is 0 Å². The minimum absolute atomic E-state index is 0.0312. The van der Waals surface area contributed by atoms with E-state index in [1.807, 2.05) is 42.5 Å². The van der Waals surface area contributed by atoms with Crippen molar-refractivity contribution in [3.05, 3.63) is 59.2 Å². The molecule has 0 radical (unpaired) electrons. The summed E-state index contributed by atoms with van der Waals surface area (Å²) in [5.74, 6) is 0.799. The topological polar surface area (TPSA) is 70.1 Å². The molecule has 6 heteroatoms. The molecule has 30 heavy (non-hydrogen) atoms. The van der Waals surface area contributed by atoms with Crippen LogP contribution in [0, 0.1) is 0 Å². The first-order chi connectivity index (χ1) is 14.4. The molecule has 158 valence electrons.